The molecule has 162 valence electrons. The maximum absolute atomic E-state index is 13.0. The number of carbonyl (C=O) groups is 2. The third-order valence-corrected chi connectivity index (χ3v) is 5.46. The van der Waals surface area contributed by atoms with Crippen LogP contribution in [0.2, 0.25) is 0 Å². The average Bonchev–Trinajstić information content (AvgIpc) is 3.00. The summed E-state index contributed by atoms with van der Waals surface area (Å²) in [6.45, 7) is 8.35. The van der Waals surface area contributed by atoms with Crippen LogP contribution < -0.4 is 5.32 Å². The van der Waals surface area contributed by atoms with Crippen LogP contribution in [0, 0.1) is 30.9 Å². The minimum atomic E-state index is -0.522. The van der Waals surface area contributed by atoms with Gasteiger partial charge >= 0.3 is 0 Å². The summed E-state index contributed by atoms with van der Waals surface area (Å²) < 4.78 is 5.32. The van der Waals surface area contributed by atoms with Crippen molar-refractivity contribution in [1.29, 1.82) is 0 Å². The van der Waals surface area contributed by atoms with E-state index in [2.05, 4.69) is 10.3 Å². The highest BCUT2D eigenvalue weighted by molar-refractivity contribution is 7.15. The van der Waals surface area contributed by atoms with Gasteiger partial charge < -0.3 is 15.0 Å². The number of ether oxygens (including phenoxy) is 1. The number of nitro benzene ring substituents is 1. The van der Waals surface area contributed by atoms with E-state index in [4.69, 9.17) is 4.74 Å². The molecule has 0 saturated carbocycles. The largest absolute Gasteiger partial charge is 0.382 e. The van der Waals surface area contributed by atoms with Gasteiger partial charge in [-0.2, -0.15) is 0 Å². The second kappa shape index (κ2) is 10.8. The highest BCUT2D eigenvalue weighted by Gasteiger charge is 2.22. The lowest BCUT2D eigenvalue weighted by Gasteiger charge is -2.22. The second-order valence-electron chi connectivity index (χ2n) is 6.74. The van der Waals surface area contributed by atoms with Crippen molar-refractivity contribution in [2.24, 2.45) is 0 Å². The summed E-state index contributed by atoms with van der Waals surface area (Å²) in [7, 11) is 0. The fourth-order valence-corrected chi connectivity index (χ4v) is 3.57. The number of anilines is 1. The minimum Gasteiger partial charge on any atom is -0.382 e. The maximum atomic E-state index is 13.0. The van der Waals surface area contributed by atoms with E-state index in [-0.39, 0.29) is 30.2 Å². The van der Waals surface area contributed by atoms with Gasteiger partial charge in [-0.15, -0.1) is 11.3 Å². The molecule has 2 rings (SSSR count). The predicted molar refractivity (Wildman–Crippen MR) is 115 cm³/mol. The lowest BCUT2D eigenvalue weighted by molar-refractivity contribution is -0.385. The number of amides is 2. The van der Waals surface area contributed by atoms with E-state index < -0.39 is 10.8 Å². The summed E-state index contributed by atoms with van der Waals surface area (Å²) in [4.78, 5) is 42.9. The molecule has 10 heteroatoms. The Morgan fingerprint density at radius 3 is 2.63 bits per heavy atom. The predicted octanol–water partition coefficient (Wildman–Crippen LogP) is 3.48. The van der Waals surface area contributed by atoms with E-state index in [1.165, 1.54) is 34.4 Å². The number of carbonyl (C=O) groups excluding carboxylic acids is 2. The Hall–Kier alpha value is -2.85. The second-order valence-corrected chi connectivity index (χ2v) is 7.95. The van der Waals surface area contributed by atoms with Crippen LogP contribution in [0.3, 0.4) is 0 Å². The molecule has 1 aromatic carbocycles. The Morgan fingerprint density at radius 1 is 1.30 bits per heavy atom. The summed E-state index contributed by atoms with van der Waals surface area (Å²) >= 11 is 1.36. The molecule has 0 spiro atoms. The van der Waals surface area contributed by atoms with E-state index in [0.29, 0.717) is 30.3 Å². The van der Waals surface area contributed by atoms with Crippen LogP contribution in [-0.2, 0) is 9.53 Å². The molecule has 30 heavy (non-hydrogen) atoms. The first-order chi connectivity index (χ1) is 14.2. The van der Waals surface area contributed by atoms with E-state index in [1.807, 2.05) is 20.8 Å². The zero-order valence-electron chi connectivity index (χ0n) is 17.6. The molecular weight excluding hydrogens is 408 g/mol. The maximum Gasteiger partial charge on any atom is 0.273 e. The number of benzene rings is 1. The number of nitrogens with zero attached hydrogens (tertiary/aromatic N) is 3. The van der Waals surface area contributed by atoms with Crippen LogP contribution in [0.15, 0.2) is 18.2 Å². The van der Waals surface area contributed by atoms with E-state index >= 15 is 0 Å². The lowest BCUT2D eigenvalue weighted by atomic mass is 10.1. The monoisotopic (exact) mass is 434 g/mol. The average molecular weight is 435 g/mol. The van der Waals surface area contributed by atoms with Gasteiger partial charge in [-0.3, -0.25) is 19.7 Å². The van der Waals surface area contributed by atoms with Crippen molar-refractivity contribution in [3.05, 3.63) is 50.0 Å². The normalized spacial score (nSPS) is 10.7. The molecule has 0 aliphatic carbocycles. The zero-order valence-corrected chi connectivity index (χ0v) is 18.4. The van der Waals surface area contributed by atoms with E-state index in [9.17, 15) is 19.7 Å². The molecule has 0 unspecified atom stereocenters. The van der Waals surface area contributed by atoms with Gasteiger partial charge in [0.05, 0.1) is 10.6 Å². The molecule has 2 aromatic rings. The summed E-state index contributed by atoms with van der Waals surface area (Å²) in [6.07, 6.45) is 0.538. The number of nitro groups is 1. The third-order valence-electron chi connectivity index (χ3n) is 4.47. The van der Waals surface area contributed by atoms with Crippen LogP contribution in [0.25, 0.3) is 0 Å². The molecule has 0 atom stereocenters. The Kier molecular flexibility index (Phi) is 8.43. The van der Waals surface area contributed by atoms with Gasteiger partial charge in [0.2, 0.25) is 5.91 Å². The molecule has 0 bridgehead atoms. The number of hydrogen-bond acceptors (Lipinski definition) is 7. The smallest absolute Gasteiger partial charge is 0.273 e. The van der Waals surface area contributed by atoms with Crippen molar-refractivity contribution < 1.29 is 19.2 Å². The van der Waals surface area contributed by atoms with Crippen molar-refractivity contribution in [1.82, 2.24) is 9.88 Å². The lowest BCUT2D eigenvalue weighted by Crippen LogP contribution is -2.39. The number of aryl methyl sites for hydroxylation is 3. The Balaban J connectivity index is 2.16. The SMILES string of the molecule is CCOCCCN(CC(=O)Nc1nc(C)c(C)s1)C(=O)c1ccc(C)c([N+](=O)[O-])c1. The highest BCUT2D eigenvalue weighted by atomic mass is 32.1. The molecule has 0 radical (unpaired) electrons. The van der Waals surface area contributed by atoms with Crippen molar-refractivity contribution in [2.45, 2.75) is 34.1 Å². The first-order valence-electron chi connectivity index (χ1n) is 9.58. The summed E-state index contributed by atoms with van der Waals surface area (Å²) in [5, 5.41) is 14.4. The van der Waals surface area contributed by atoms with Crippen molar-refractivity contribution in [2.75, 3.05) is 31.6 Å². The fourth-order valence-electron chi connectivity index (χ4n) is 2.73. The molecule has 0 fully saturated rings. The first-order valence-corrected chi connectivity index (χ1v) is 10.4. The van der Waals surface area contributed by atoms with Gasteiger partial charge in [-0.25, -0.2) is 4.98 Å². The summed E-state index contributed by atoms with van der Waals surface area (Å²) in [6, 6.07) is 4.31. The van der Waals surface area contributed by atoms with Crippen LogP contribution in [0.1, 0.15) is 39.8 Å². The molecular formula is C20H26N4O5S. The van der Waals surface area contributed by atoms with E-state index in [1.54, 1.807) is 6.92 Å². The van der Waals surface area contributed by atoms with Crippen LogP contribution in [-0.4, -0.2) is 52.9 Å². The number of thiazole rings is 1. The Bertz CT molecular complexity index is 908. The quantitative estimate of drug-likeness (QED) is 0.348. The van der Waals surface area contributed by atoms with Crippen molar-refractivity contribution >= 4 is 34.0 Å². The molecule has 9 nitrogen and oxygen atoms in total. The van der Waals surface area contributed by atoms with Crippen LogP contribution in [0.5, 0.6) is 0 Å². The van der Waals surface area contributed by atoms with Gasteiger partial charge in [-0.1, -0.05) is 6.07 Å². The number of aromatic nitrogens is 1. The molecule has 0 aliphatic heterocycles. The minimum absolute atomic E-state index is 0.131. The molecule has 0 saturated heterocycles. The zero-order chi connectivity index (χ0) is 22.3. The summed E-state index contributed by atoms with van der Waals surface area (Å²) in [5.74, 6) is -0.827. The molecule has 0 aliphatic rings. The van der Waals surface area contributed by atoms with Crippen LogP contribution in [0.4, 0.5) is 10.8 Å². The van der Waals surface area contributed by atoms with Gasteiger partial charge in [-0.05, 0) is 40.2 Å². The number of nitrogens with one attached hydrogen (secondary N) is 1. The molecule has 1 N–H and O–H groups in total. The van der Waals surface area contributed by atoms with Gasteiger partial charge in [0, 0.05) is 41.8 Å². The van der Waals surface area contributed by atoms with E-state index in [0.717, 1.165) is 10.6 Å². The summed E-state index contributed by atoms with van der Waals surface area (Å²) in [5.41, 5.74) is 1.34. The third kappa shape index (κ3) is 6.33. The molecule has 2 amide bonds. The van der Waals surface area contributed by atoms with Gasteiger partial charge in [0.1, 0.15) is 6.54 Å². The first kappa shape index (κ1) is 23.4. The fraction of sp³-hybridized carbons (Fsp3) is 0.450. The Morgan fingerprint density at radius 2 is 2.03 bits per heavy atom. The topological polar surface area (TPSA) is 115 Å². The van der Waals surface area contributed by atoms with Gasteiger partial charge in [0.15, 0.2) is 5.13 Å². The number of rotatable bonds is 10. The van der Waals surface area contributed by atoms with Crippen molar-refractivity contribution in [3.8, 4) is 0 Å². The van der Waals surface area contributed by atoms with Crippen LogP contribution >= 0.6 is 11.3 Å². The highest BCUT2D eigenvalue weighted by Crippen LogP contribution is 2.22. The Labute approximate surface area is 179 Å². The standard InChI is InChI=1S/C20H26N4O5S/c1-5-29-10-6-9-23(12-18(25)22-20-21-14(3)15(4)30-20)19(26)16-8-7-13(2)17(11-16)24(27)28/h7-8,11H,5-6,9-10,12H2,1-4H3,(H,21,22,25). The number of hydrogen-bond donors (Lipinski definition) is 1. The molecule has 1 heterocycles. The van der Waals surface area contributed by atoms with Crippen molar-refractivity contribution in [3.63, 3.8) is 0 Å². The molecule has 1 aromatic heterocycles. The van der Waals surface area contributed by atoms with Gasteiger partial charge in [0.25, 0.3) is 11.6 Å².